The highest BCUT2D eigenvalue weighted by Crippen LogP contribution is 2.29. The van der Waals surface area contributed by atoms with Gasteiger partial charge in [0.05, 0.1) is 23.1 Å². The second-order valence-electron chi connectivity index (χ2n) is 7.47. The largest absolute Gasteiger partial charge is 0.452 e. The Balaban J connectivity index is 1.58. The van der Waals surface area contributed by atoms with Gasteiger partial charge in [-0.1, -0.05) is 25.0 Å². The summed E-state index contributed by atoms with van der Waals surface area (Å²) in [5.74, 6) is -0.893. The van der Waals surface area contributed by atoms with Gasteiger partial charge in [0, 0.05) is 18.2 Å². The van der Waals surface area contributed by atoms with Crippen LogP contribution in [0.1, 0.15) is 43.2 Å². The second kappa shape index (κ2) is 9.23. The number of nitriles is 1. The third-order valence-corrected chi connectivity index (χ3v) is 7.15. The van der Waals surface area contributed by atoms with Gasteiger partial charge >= 0.3 is 5.97 Å². The number of esters is 1. The molecule has 1 aromatic rings. The van der Waals surface area contributed by atoms with Crippen LogP contribution in [0.25, 0.3) is 6.08 Å². The minimum Gasteiger partial charge on any atom is -0.452 e. The molecule has 0 N–H and O–H groups in total. The number of rotatable bonds is 6. The van der Waals surface area contributed by atoms with E-state index in [0.717, 1.165) is 31.2 Å². The minimum absolute atomic E-state index is 0.0121. The van der Waals surface area contributed by atoms with Gasteiger partial charge in [-0.3, -0.25) is 4.79 Å². The molecule has 2 aliphatic rings. The molecule has 0 radical (unpaired) electrons. The summed E-state index contributed by atoms with van der Waals surface area (Å²) in [6.07, 6.45) is 6.96. The lowest BCUT2D eigenvalue weighted by atomic mass is 10.1. The Morgan fingerprint density at radius 2 is 1.83 bits per heavy atom. The maximum absolute atomic E-state index is 12.8. The molecule has 1 amide bonds. The standard InChI is InChI=1S/C21H24N2O5S/c22-13-17-7-5-16(6-8-17)9-10-21(25)28-14-20(24)23(18-3-1-2-4-18)19-11-12-29(26,27)15-19/h5-10,18-19H,1-4,11-12,14-15H2/b10-9+/t19-/m0/s1. The third kappa shape index (κ3) is 5.67. The monoisotopic (exact) mass is 416 g/mol. The van der Waals surface area contributed by atoms with E-state index in [4.69, 9.17) is 10.00 Å². The van der Waals surface area contributed by atoms with E-state index in [2.05, 4.69) is 0 Å². The summed E-state index contributed by atoms with van der Waals surface area (Å²) in [6.45, 7) is -0.399. The first-order valence-electron chi connectivity index (χ1n) is 9.74. The van der Waals surface area contributed by atoms with E-state index in [0.29, 0.717) is 12.0 Å². The van der Waals surface area contributed by atoms with Crippen LogP contribution < -0.4 is 0 Å². The lowest BCUT2D eigenvalue weighted by molar-refractivity contribution is -0.150. The Morgan fingerprint density at radius 1 is 1.14 bits per heavy atom. The van der Waals surface area contributed by atoms with Crippen molar-refractivity contribution >= 4 is 27.8 Å². The van der Waals surface area contributed by atoms with Crippen LogP contribution in [-0.2, 0) is 24.2 Å². The Morgan fingerprint density at radius 3 is 2.41 bits per heavy atom. The molecule has 0 bridgehead atoms. The SMILES string of the molecule is N#Cc1ccc(/C=C/C(=O)OCC(=O)N(C2CCCC2)[C@H]2CCS(=O)(=O)C2)cc1. The smallest absolute Gasteiger partial charge is 0.331 e. The molecule has 0 unspecified atom stereocenters. The Hall–Kier alpha value is -2.66. The van der Waals surface area contributed by atoms with Crippen molar-refractivity contribution < 1.29 is 22.7 Å². The summed E-state index contributed by atoms with van der Waals surface area (Å²) in [5, 5.41) is 8.79. The van der Waals surface area contributed by atoms with Gasteiger partial charge in [-0.2, -0.15) is 5.26 Å². The first-order valence-corrected chi connectivity index (χ1v) is 11.6. The molecule has 29 heavy (non-hydrogen) atoms. The van der Waals surface area contributed by atoms with Crippen LogP contribution in [-0.4, -0.2) is 55.4 Å². The van der Waals surface area contributed by atoms with Crippen molar-refractivity contribution in [3.8, 4) is 6.07 Å². The van der Waals surface area contributed by atoms with E-state index < -0.39 is 22.4 Å². The molecule has 0 spiro atoms. The average Bonchev–Trinajstić information content (AvgIpc) is 3.35. The van der Waals surface area contributed by atoms with Crippen LogP contribution in [0.5, 0.6) is 0 Å². The zero-order chi connectivity index (χ0) is 20.9. The summed E-state index contributed by atoms with van der Waals surface area (Å²) in [6, 6.07) is 8.40. The molecular formula is C21H24N2O5S. The van der Waals surface area contributed by atoms with Crippen molar-refractivity contribution in [1.82, 2.24) is 4.90 Å². The minimum atomic E-state index is -3.11. The maximum Gasteiger partial charge on any atom is 0.331 e. The van der Waals surface area contributed by atoms with Gasteiger partial charge < -0.3 is 9.64 Å². The van der Waals surface area contributed by atoms with E-state index >= 15 is 0 Å². The van der Waals surface area contributed by atoms with Crippen molar-refractivity contribution in [2.24, 2.45) is 0 Å². The van der Waals surface area contributed by atoms with Crippen molar-refractivity contribution in [1.29, 1.82) is 5.26 Å². The number of carbonyl (C=O) groups is 2. The molecule has 1 aliphatic carbocycles. The zero-order valence-corrected chi connectivity index (χ0v) is 16.9. The topological polar surface area (TPSA) is 105 Å². The highest BCUT2D eigenvalue weighted by molar-refractivity contribution is 7.91. The summed E-state index contributed by atoms with van der Waals surface area (Å²) in [7, 11) is -3.11. The highest BCUT2D eigenvalue weighted by Gasteiger charge is 2.39. The van der Waals surface area contributed by atoms with Crippen LogP contribution in [0.15, 0.2) is 30.3 Å². The lowest BCUT2D eigenvalue weighted by Gasteiger charge is -2.33. The predicted molar refractivity (Wildman–Crippen MR) is 107 cm³/mol. The first kappa shape index (κ1) is 21.1. The number of ether oxygens (including phenoxy) is 1. The maximum atomic E-state index is 12.8. The molecule has 1 saturated carbocycles. The second-order valence-corrected chi connectivity index (χ2v) is 9.70. The van der Waals surface area contributed by atoms with Gasteiger partial charge in [-0.15, -0.1) is 0 Å². The number of sulfone groups is 1. The fraction of sp³-hybridized carbons (Fsp3) is 0.476. The molecule has 2 fully saturated rings. The van der Waals surface area contributed by atoms with Gasteiger partial charge in [0.25, 0.3) is 5.91 Å². The van der Waals surface area contributed by atoms with Gasteiger partial charge in [-0.05, 0) is 43.0 Å². The molecule has 8 heteroatoms. The number of hydrogen-bond donors (Lipinski definition) is 0. The molecule has 3 rings (SSSR count). The normalized spacial score (nSPS) is 21.1. The predicted octanol–water partition coefficient (Wildman–Crippen LogP) is 2.07. The summed E-state index contributed by atoms with van der Waals surface area (Å²) >= 11 is 0. The fourth-order valence-corrected chi connectivity index (χ4v) is 5.68. The first-order chi connectivity index (χ1) is 13.9. The Bertz CT molecular complexity index is 925. The van der Waals surface area contributed by atoms with E-state index in [1.165, 1.54) is 6.08 Å². The summed E-state index contributed by atoms with van der Waals surface area (Å²) < 4.78 is 28.8. The molecule has 7 nitrogen and oxygen atoms in total. The molecule has 1 aromatic carbocycles. The quantitative estimate of drug-likeness (QED) is 0.519. The van der Waals surface area contributed by atoms with Gasteiger partial charge in [0.15, 0.2) is 16.4 Å². The fourth-order valence-electron chi connectivity index (χ4n) is 3.97. The van der Waals surface area contributed by atoms with Crippen LogP contribution in [0, 0.1) is 11.3 Å². The molecule has 1 saturated heterocycles. The molecule has 0 aromatic heterocycles. The molecule has 1 aliphatic heterocycles. The van der Waals surface area contributed by atoms with Crippen molar-refractivity contribution in [3.05, 3.63) is 41.5 Å². The highest BCUT2D eigenvalue weighted by atomic mass is 32.2. The van der Waals surface area contributed by atoms with Crippen LogP contribution in [0.2, 0.25) is 0 Å². The number of nitrogens with zero attached hydrogens (tertiary/aromatic N) is 2. The number of carbonyl (C=O) groups excluding carboxylic acids is 2. The van der Waals surface area contributed by atoms with Gasteiger partial charge in [0.2, 0.25) is 0 Å². The number of hydrogen-bond acceptors (Lipinski definition) is 6. The number of amides is 1. The van der Waals surface area contributed by atoms with Crippen LogP contribution >= 0.6 is 0 Å². The molecule has 1 heterocycles. The number of benzene rings is 1. The van der Waals surface area contributed by atoms with Gasteiger partial charge in [-0.25, -0.2) is 13.2 Å². The Labute approximate surface area is 170 Å². The molecule has 1 atom stereocenters. The summed E-state index contributed by atoms with van der Waals surface area (Å²) in [5.41, 5.74) is 1.26. The molecule has 154 valence electrons. The van der Waals surface area contributed by atoms with E-state index in [-0.39, 0.29) is 29.5 Å². The van der Waals surface area contributed by atoms with E-state index in [9.17, 15) is 18.0 Å². The lowest BCUT2D eigenvalue weighted by Crippen LogP contribution is -2.48. The van der Waals surface area contributed by atoms with Crippen molar-refractivity contribution in [3.63, 3.8) is 0 Å². The van der Waals surface area contributed by atoms with E-state index in [1.54, 1.807) is 35.2 Å². The van der Waals surface area contributed by atoms with E-state index in [1.807, 2.05) is 6.07 Å². The zero-order valence-electron chi connectivity index (χ0n) is 16.1. The Kier molecular flexibility index (Phi) is 6.70. The summed E-state index contributed by atoms with van der Waals surface area (Å²) in [4.78, 5) is 26.4. The van der Waals surface area contributed by atoms with Crippen LogP contribution in [0.3, 0.4) is 0 Å². The third-order valence-electron chi connectivity index (χ3n) is 5.40. The average molecular weight is 416 g/mol. The van der Waals surface area contributed by atoms with Crippen LogP contribution in [0.4, 0.5) is 0 Å². The van der Waals surface area contributed by atoms with Crippen molar-refractivity contribution in [2.75, 3.05) is 18.1 Å². The van der Waals surface area contributed by atoms with Crippen molar-refractivity contribution in [2.45, 2.75) is 44.2 Å². The van der Waals surface area contributed by atoms with Gasteiger partial charge in [0.1, 0.15) is 0 Å². The molecular weight excluding hydrogens is 392 g/mol.